The minimum absolute atomic E-state index is 0.0845. The summed E-state index contributed by atoms with van der Waals surface area (Å²) in [6, 6.07) is 5.27. The summed E-state index contributed by atoms with van der Waals surface area (Å²) in [4.78, 5) is 20.1. The topological polar surface area (TPSA) is 66.4 Å². The number of thioether (sulfide) groups is 1. The van der Waals surface area contributed by atoms with E-state index in [4.69, 9.17) is 0 Å². The minimum atomic E-state index is -0.319. The van der Waals surface area contributed by atoms with E-state index in [2.05, 4.69) is 20.8 Å². The van der Waals surface area contributed by atoms with Gasteiger partial charge in [0.2, 0.25) is 0 Å². The van der Waals surface area contributed by atoms with Crippen molar-refractivity contribution in [1.82, 2.24) is 15.8 Å². The molecule has 1 aromatic rings. The summed E-state index contributed by atoms with van der Waals surface area (Å²) in [5.41, 5.74) is 6.13. The van der Waals surface area contributed by atoms with Crippen molar-refractivity contribution in [2.75, 3.05) is 12.0 Å². The molecule has 0 fully saturated rings. The van der Waals surface area contributed by atoms with Crippen molar-refractivity contribution in [1.29, 1.82) is 0 Å². The van der Waals surface area contributed by atoms with Crippen LogP contribution in [0.15, 0.2) is 29.4 Å². The van der Waals surface area contributed by atoms with Crippen molar-refractivity contribution in [3.8, 4) is 0 Å². The summed E-state index contributed by atoms with van der Waals surface area (Å²) in [6.45, 7) is 0. The number of nitrogens with zero attached hydrogens (tertiary/aromatic N) is 2. The zero-order valence-electron chi connectivity index (χ0n) is 9.51. The van der Waals surface area contributed by atoms with Crippen molar-refractivity contribution >= 4 is 23.5 Å². The van der Waals surface area contributed by atoms with Crippen LogP contribution in [0, 0.1) is 0 Å². The molecule has 90 valence electrons. The predicted molar refractivity (Wildman–Crippen MR) is 68.8 cm³/mol. The minimum Gasteiger partial charge on any atom is -0.280 e. The first-order chi connectivity index (χ1) is 8.31. The highest BCUT2D eigenvalue weighted by molar-refractivity contribution is 7.98. The molecule has 1 atom stereocenters. The summed E-state index contributed by atoms with van der Waals surface area (Å²) in [7, 11) is 0. The van der Waals surface area contributed by atoms with Gasteiger partial charge in [-0.15, -0.1) is 0 Å². The van der Waals surface area contributed by atoms with Crippen LogP contribution in [0.1, 0.15) is 12.1 Å². The van der Waals surface area contributed by atoms with Crippen molar-refractivity contribution < 1.29 is 4.79 Å². The van der Waals surface area contributed by atoms with Gasteiger partial charge in [-0.3, -0.25) is 25.6 Å². The van der Waals surface area contributed by atoms with Gasteiger partial charge in [0.1, 0.15) is 11.7 Å². The monoisotopic (exact) mass is 250 g/mol. The number of rotatable bonds is 4. The maximum atomic E-state index is 11.6. The Kier molecular flexibility index (Phi) is 3.98. The van der Waals surface area contributed by atoms with Crippen LogP contribution in [0.25, 0.3) is 0 Å². The molecule has 1 aliphatic heterocycles. The van der Waals surface area contributed by atoms with Crippen molar-refractivity contribution in [2.45, 2.75) is 12.5 Å². The maximum Gasteiger partial charge on any atom is 0.263 e. The second kappa shape index (κ2) is 5.67. The Morgan fingerprint density at radius 2 is 2.29 bits per heavy atom. The highest BCUT2D eigenvalue weighted by atomic mass is 32.2. The molecule has 0 bridgehead atoms. The molecule has 0 radical (unpaired) electrons. The molecule has 6 heteroatoms. The standard InChI is InChI=1S/C11H14N4OS/c1-17-7-5-9-11(16)15-14-10(13-9)8-4-2-3-6-12-8/h2-4,6,9H,5,7H2,1H3,(H,13,14)(H,15,16). The molecular formula is C11H14N4OS. The van der Waals surface area contributed by atoms with Gasteiger partial charge >= 0.3 is 0 Å². The SMILES string of the molecule is CSCCC1N=C(c2ccccn2)NNC1=O. The van der Waals surface area contributed by atoms with Gasteiger partial charge in [0, 0.05) is 6.20 Å². The Morgan fingerprint density at radius 1 is 1.41 bits per heavy atom. The molecule has 0 saturated carbocycles. The first-order valence-corrected chi connectivity index (χ1v) is 6.74. The number of aliphatic imine (C=N–C) groups is 1. The van der Waals surface area contributed by atoms with E-state index in [1.165, 1.54) is 0 Å². The van der Waals surface area contributed by atoms with Crippen LogP contribution < -0.4 is 10.9 Å². The number of hydrogen-bond acceptors (Lipinski definition) is 5. The smallest absolute Gasteiger partial charge is 0.263 e. The van der Waals surface area contributed by atoms with Gasteiger partial charge in [0.25, 0.3) is 5.91 Å². The highest BCUT2D eigenvalue weighted by Crippen LogP contribution is 2.08. The number of amides is 1. The van der Waals surface area contributed by atoms with E-state index in [0.717, 1.165) is 17.9 Å². The summed E-state index contributed by atoms with van der Waals surface area (Å²) in [5, 5.41) is 0. The molecule has 1 amide bonds. The van der Waals surface area contributed by atoms with Crippen molar-refractivity contribution in [2.24, 2.45) is 4.99 Å². The number of hydrogen-bond donors (Lipinski definition) is 2. The lowest BCUT2D eigenvalue weighted by Gasteiger charge is -2.21. The van der Waals surface area contributed by atoms with E-state index >= 15 is 0 Å². The van der Waals surface area contributed by atoms with E-state index in [1.807, 2.05) is 24.5 Å². The summed E-state index contributed by atoms with van der Waals surface area (Å²) in [6.07, 6.45) is 4.46. The average Bonchev–Trinajstić information content (AvgIpc) is 2.39. The largest absolute Gasteiger partial charge is 0.280 e. The molecule has 1 aliphatic rings. The highest BCUT2D eigenvalue weighted by Gasteiger charge is 2.23. The molecule has 0 aliphatic carbocycles. The quantitative estimate of drug-likeness (QED) is 0.820. The van der Waals surface area contributed by atoms with Gasteiger partial charge in [-0.1, -0.05) is 6.07 Å². The van der Waals surface area contributed by atoms with Crippen LogP contribution in [-0.4, -0.2) is 34.8 Å². The van der Waals surface area contributed by atoms with Crippen molar-refractivity contribution in [3.05, 3.63) is 30.1 Å². The maximum absolute atomic E-state index is 11.6. The second-order valence-electron chi connectivity index (χ2n) is 3.60. The van der Waals surface area contributed by atoms with E-state index in [-0.39, 0.29) is 11.9 Å². The van der Waals surface area contributed by atoms with Crippen LogP contribution in [-0.2, 0) is 4.79 Å². The fraction of sp³-hybridized carbons (Fsp3) is 0.364. The number of carbonyl (C=O) groups excluding carboxylic acids is 1. The molecular weight excluding hydrogens is 236 g/mol. The summed E-state index contributed by atoms with van der Waals surface area (Å²) < 4.78 is 0. The van der Waals surface area contributed by atoms with Crippen LogP contribution in [0.3, 0.4) is 0 Å². The van der Waals surface area contributed by atoms with Gasteiger partial charge in [-0.25, -0.2) is 0 Å². The number of amidine groups is 1. The molecule has 2 N–H and O–H groups in total. The number of pyridine rings is 1. The molecule has 1 aromatic heterocycles. The normalized spacial score (nSPS) is 19.2. The first kappa shape index (κ1) is 11.9. The molecule has 0 aromatic carbocycles. The third kappa shape index (κ3) is 2.97. The van der Waals surface area contributed by atoms with Gasteiger partial charge in [-0.05, 0) is 30.6 Å². The molecule has 1 unspecified atom stereocenters. The van der Waals surface area contributed by atoms with Crippen LogP contribution in [0.5, 0.6) is 0 Å². The Morgan fingerprint density at radius 3 is 3.00 bits per heavy atom. The Balaban J connectivity index is 2.15. The van der Waals surface area contributed by atoms with E-state index in [0.29, 0.717) is 5.84 Å². The third-order valence-corrected chi connectivity index (χ3v) is 3.04. The number of carbonyl (C=O) groups is 1. The number of hydrazine groups is 1. The van der Waals surface area contributed by atoms with Gasteiger partial charge in [0.15, 0.2) is 5.84 Å². The fourth-order valence-corrected chi connectivity index (χ4v) is 1.97. The molecule has 0 spiro atoms. The average molecular weight is 250 g/mol. The lowest BCUT2D eigenvalue weighted by molar-refractivity contribution is -0.123. The second-order valence-corrected chi connectivity index (χ2v) is 4.59. The zero-order chi connectivity index (χ0) is 12.1. The third-order valence-electron chi connectivity index (χ3n) is 2.39. The summed E-state index contributed by atoms with van der Waals surface area (Å²) >= 11 is 1.71. The Hall–Kier alpha value is -1.56. The van der Waals surface area contributed by atoms with Crippen LogP contribution in [0.4, 0.5) is 0 Å². The molecule has 5 nitrogen and oxygen atoms in total. The van der Waals surface area contributed by atoms with Gasteiger partial charge in [0.05, 0.1) is 0 Å². The van der Waals surface area contributed by atoms with E-state index in [9.17, 15) is 4.79 Å². The molecule has 0 saturated heterocycles. The predicted octanol–water partition coefficient (Wildman–Crippen LogP) is 0.584. The number of nitrogens with one attached hydrogen (secondary N) is 2. The van der Waals surface area contributed by atoms with Crippen LogP contribution >= 0.6 is 11.8 Å². The van der Waals surface area contributed by atoms with Gasteiger partial charge < -0.3 is 0 Å². The Bertz CT molecular complexity index is 421. The lowest BCUT2D eigenvalue weighted by atomic mass is 10.2. The van der Waals surface area contributed by atoms with Gasteiger partial charge in [-0.2, -0.15) is 11.8 Å². The van der Waals surface area contributed by atoms with Crippen molar-refractivity contribution in [3.63, 3.8) is 0 Å². The number of aromatic nitrogens is 1. The molecule has 2 rings (SSSR count). The zero-order valence-corrected chi connectivity index (χ0v) is 10.3. The lowest BCUT2D eigenvalue weighted by Crippen LogP contribution is -2.51. The Labute approximate surface area is 104 Å². The summed E-state index contributed by atoms with van der Waals surface area (Å²) in [5.74, 6) is 1.45. The molecule has 2 heterocycles. The first-order valence-electron chi connectivity index (χ1n) is 5.35. The van der Waals surface area contributed by atoms with E-state index < -0.39 is 0 Å². The van der Waals surface area contributed by atoms with Crippen LogP contribution in [0.2, 0.25) is 0 Å². The molecule has 17 heavy (non-hydrogen) atoms. The fourth-order valence-electron chi connectivity index (χ4n) is 1.51. The van der Waals surface area contributed by atoms with E-state index in [1.54, 1.807) is 18.0 Å².